The maximum atomic E-state index is 13.5. The number of nitrogens with zero attached hydrogens (tertiary/aromatic N) is 2. The number of esters is 1. The number of para-hydroxylation sites is 1. The van der Waals surface area contributed by atoms with Crippen LogP contribution in [0.2, 0.25) is 0 Å². The van der Waals surface area contributed by atoms with Crippen LogP contribution in [0, 0.1) is 0 Å². The normalized spacial score (nSPS) is 16.0. The molecule has 0 bridgehead atoms. The van der Waals surface area contributed by atoms with Crippen LogP contribution in [0.3, 0.4) is 0 Å². The minimum atomic E-state index is -0.625. The molecule has 7 heteroatoms. The van der Waals surface area contributed by atoms with Gasteiger partial charge in [0, 0.05) is 5.56 Å². The number of hydrogen-bond donors (Lipinski definition) is 0. The summed E-state index contributed by atoms with van der Waals surface area (Å²) < 4.78 is 12.8. The van der Waals surface area contributed by atoms with E-state index in [9.17, 15) is 9.59 Å². The highest BCUT2D eigenvalue weighted by atomic mass is 32.1. The molecule has 0 radical (unpaired) electrons. The average Bonchev–Trinajstić information content (AvgIpc) is 3.12. The summed E-state index contributed by atoms with van der Waals surface area (Å²) in [5.41, 5.74) is 2.44. The van der Waals surface area contributed by atoms with E-state index in [4.69, 9.17) is 9.47 Å². The Hall–Kier alpha value is -3.71. The molecule has 1 aliphatic heterocycles. The van der Waals surface area contributed by atoms with E-state index < -0.39 is 12.0 Å². The molecule has 0 unspecified atom stereocenters. The summed E-state index contributed by atoms with van der Waals surface area (Å²) in [5, 5.41) is 0. The number of allylic oxidation sites excluding steroid dienone is 2. The smallest absolute Gasteiger partial charge is 0.338 e. The van der Waals surface area contributed by atoms with E-state index in [0.717, 1.165) is 11.1 Å². The van der Waals surface area contributed by atoms with Gasteiger partial charge in [0.2, 0.25) is 0 Å². The summed E-state index contributed by atoms with van der Waals surface area (Å²) in [6.07, 6.45) is 5.55. The molecule has 0 saturated carbocycles. The minimum Gasteiger partial charge on any atom is -0.496 e. The predicted molar refractivity (Wildman–Crippen MR) is 130 cm³/mol. The number of fused-ring (bicyclic) bond motifs is 1. The van der Waals surface area contributed by atoms with Crippen LogP contribution in [-0.4, -0.2) is 24.3 Å². The lowest BCUT2D eigenvalue weighted by molar-refractivity contribution is -0.139. The Balaban J connectivity index is 1.89. The lowest BCUT2D eigenvalue weighted by Crippen LogP contribution is -2.38. The summed E-state index contributed by atoms with van der Waals surface area (Å²) in [6.45, 7) is 3.76. The molecule has 0 fully saturated rings. The van der Waals surface area contributed by atoms with E-state index >= 15 is 0 Å². The van der Waals surface area contributed by atoms with Crippen molar-refractivity contribution in [2.75, 3.05) is 13.7 Å². The van der Waals surface area contributed by atoms with Crippen LogP contribution in [0.4, 0.5) is 0 Å². The molecule has 1 atom stereocenters. The quantitative estimate of drug-likeness (QED) is 0.528. The van der Waals surface area contributed by atoms with Gasteiger partial charge in [-0.3, -0.25) is 9.36 Å². The molecule has 33 heavy (non-hydrogen) atoms. The molecule has 6 nitrogen and oxygen atoms in total. The first-order valence-corrected chi connectivity index (χ1v) is 11.4. The van der Waals surface area contributed by atoms with E-state index in [-0.39, 0.29) is 12.2 Å². The van der Waals surface area contributed by atoms with Crippen LogP contribution in [0.25, 0.3) is 12.2 Å². The van der Waals surface area contributed by atoms with Gasteiger partial charge in [0.1, 0.15) is 5.75 Å². The van der Waals surface area contributed by atoms with Crippen LogP contribution in [0.15, 0.2) is 81.7 Å². The lowest BCUT2D eigenvalue weighted by atomic mass is 10.0. The van der Waals surface area contributed by atoms with Crippen LogP contribution in [0.1, 0.15) is 31.0 Å². The highest BCUT2D eigenvalue weighted by molar-refractivity contribution is 7.07. The molecule has 168 valence electrons. The minimum absolute atomic E-state index is 0.221. The van der Waals surface area contributed by atoms with Crippen LogP contribution >= 0.6 is 11.3 Å². The fraction of sp³-hybridized carbons (Fsp3) is 0.192. The third-order valence-electron chi connectivity index (χ3n) is 5.26. The molecule has 0 N–H and O–H groups in total. The van der Waals surface area contributed by atoms with Gasteiger partial charge in [-0.15, -0.1) is 0 Å². The number of hydrogen-bond acceptors (Lipinski definition) is 6. The predicted octanol–water partition coefficient (Wildman–Crippen LogP) is 3.47. The largest absolute Gasteiger partial charge is 0.496 e. The Morgan fingerprint density at radius 1 is 1.15 bits per heavy atom. The van der Waals surface area contributed by atoms with Gasteiger partial charge in [0.05, 0.1) is 35.6 Å². The number of carbonyl (C=O) groups is 1. The van der Waals surface area contributed by atoms with Gasteiger partial charge in [0.25, 0.3) is 5.56 Å². The monoisotopic (exact) mass is 460 g/mol. The summed E-state index contributed by atoms with van der Waals surface area (Å²) in [5.74, 6) is 0.202. The van der Waals surface area contributed by atoms with Gasteiger partial charge in [-0.25, -0.2) is 9.79 Å². The first kappa shape index (κ1) is 22.5. The number of thiazole rings is 1. The van der Waals surface area contributed by atoms with Crippen molar-refractivity contribution in [1.82, 2.24) is 4.57 Å². The highest BCUT2D eigenvalue weighted by Gasteiger charge is 2.30. The topological polar surface area (TPSA) is 69.9 Å². The van der Waals surface area contributed by atoms with E-state index in [1.165, 1.54) is 11.3 Å². The number of carbonyl (C=O) groups excluding carboxylic acids is 1. The van der Waals surface area contributed by atoms with E-state index in [2.05, 4.69) is 4.99 Å². The van der Waals surface area contributed by atoms with Crippen molar-refractivity contribution < 1.29 is 14.3 Å². The lowest BCUT2D eigenvalue weighted by Gasteiger charge is -2.21. The fourth-order valence-corrected chi connectivity index (χ4v) is 4.76. The Morgan fingerprint density at radius 3 is 2.61 bits per heavy atom. The Labute approximate surface area is 195 Å². The maximum absolute atomic E-state index is 13.5. The SMILES string of the molecule is CCOC(=O)C1=C(C)N=c2s/c(=C/c3ccccc3OC)c(=O)n2[C@@H]1/C=C/c1ccccc1. The zero-order valence-corrected chi connectivity index (χ0v) is 19.5. The summed E-state index contributed by atoms with van der Waals surface area (Å²) in [7, 11) is 1.59. The standard InChI is InChI=1S/C26H24N2O4S/c1-4-32-25(30)23-17(2)27-26-28(20(23)15-14-18-10-6-5-7-11-18)24(29)22(33-26)16-19-12-8-9-13-21(19)31-3/h5-16,20H,4H2,1-3H3/b15-14+,22-16+/t20-/m1/s1. The van der Waals surface area contributed by atoms with Crippen molar-refractivity contribution in [3.8, 4) is 5.75 Å². The molecule has 2 aromatic carbocycles. The number of benzene rings is 2. The Morgan fingerprint density at radius 2 is 1.88 bits per heavy atom. The zero-order chi connectivity index (χ0) is 23.4. The van der Waals surface area contributed by atoms with Crippen molar-refractivity contribution in [2.24, 2.45) is 4.99 Å². The second-order valence-electron chi connectivity index (χ2n) is 7.36. The van der Waals surface area contributed by atoms with Gasteiger partial charge in [-0.05, 0) is 31.6 Å². The highest BCUT2D eigenvalue weighted by Crippen LogP contribution is 2.26. The molecule has 3 aromatic rings. The number of methoxy groups -OCH3 is 1. The second kappa shape index (κ2) is 9.83. The van der Waals surface area contributed by atoms with Gasteiger partial charge >= 0.3 is 5.97 Å². The van der Waals surface area contributed by atoms with Crippen molar-refractivity contribution in [1.29, 1.82) is 0 Å². The van der Waals surface area contributed by atoms with Crippen LogP contribution < -0.4 is 19.6 Å². The molecule has 0 aliphatic carbocycles. The molecule has 2 heterocycles. The number of rotatable bonds is 6. The fourth-order valence-electron chi connectivity index (χ4n) is 3.71. The summed E-state index contributed by atoms with van der Waals surface area (Å²) in [6, 6.07) is 16.6. The van der Waals surface area contributed by atoms with Crippen molar-refractivity contribution in [3.63, 3.8) is 0 Å². The van der Waals surface area contributed by atoms with Gasteiger partial charge in [0.15, 0.2) is 4.80 Å². The van der Waals surface area contributed by atoms with E-state index in [1.54, 1.807) is 31.6 Å². The molecule has 0 amide bonds. The molecular formula is C26H24N2O4S. The van der Waals surface area contributed by atoms with Crippen molar-refractivity contribution in [2.45, 2.75) is 19.9 Å². The molecule has 4 rings (SSSR count). The maximum Gasteiger partial charge on any atom is 0.338 e. The Bertz CT molecular complexity index is 1410. The molecule has 1 aliphatic rings. The summed E-state index contributed by atoms with van der Waals surface area (Å²) >= 11 is 1.28. The molecule has 1 aromatic heterocycles. The van der Waals surface area contributed by atoms with Crippen molar-refractivity contribution >= 4 is 29.5 Å². The first-order valence-electron chi connectivity index (χ1n) is 10.6. The number of ether oxygens (including phenoxy) is 2. The molecule has 0 spiro atoms. The first-order chi connectivity index (χ1) is 16.0. The number of aromatic nitrogens is 1. The third kappa shape index (κ3) is 4.59. The third-order valence-corrected chi connectivity index (χ3v) is 6.24. The van der Waals surface area contributed by atoms with Gasteiger partial charge in [-0.2, -0.15) is 0 Å². The van der Waals surface area contributed by atoms with Crippen molar-refractivity contribution in [3.05, 3.63) is 103 Å². The molecular weight excluding hydrogens is 436 g/mol. The Kier molecular flexibility index (Phi) is 6.70. The average molecular weight is 461 g/mol. The molecule has 0 saturated heterocycles. The zero-order valence-electron chi connectivity index (χ0n) is 18.6. The van der Waals surface area contributed by atoms with Crippen LogP contribution in [-0.2, 0) is 9.53 Å². The van der Waals surface area contributed by atoms with Gasteiger partial charge in [-0.1, -0.05) is 72.0 Å². The van der Waals surface area contributed by atoms with E-state index in [1.807, 2.05) is 66.7 Å². The summed E-state index contributed by atoms with van der Waals surface area (Å²) in [4.78, 5) is 31.4. The van der Waals surface area contributed by atoms with Crippen LogP contribution in [0.5, 0.6) is 5.75 Å². The second-order valence-corrected chi connectivity index (χ2v) is 8.37. The van der Waals surface area contributed by atoms with Gasteiger partial charge < -0.3 is 9.47 Å². The van der Waals surface area contributed by atoms with E-state index in [0.29, 0.717) is 26.4 Å².